The monoisotopic (exact) mass is 262 g/mol. The smallest absolute Gasteiger partial charge is 0.122 e. The average Bonchev–Trinajstić information content (AvgIpc) is 2.42. The Hall–Kier alpha value is -1.06. The van der Waals surface area contributed by atoms with Crippen LogP contribution < -0.4 is 15.8 Å². The lowest BCUT2D eigenvalue weighted by Crippen LogP contribution is -2.36. The highest BCUT2D eigenvalue weighted by Crippen LogP contribution is 2.28. The van der Waals surface area contributed by atoms with E-state index >= 15 is 0 Å². The Balaban J connectivity index is 2.09. The second-order valence-electron chi connectivity index (χ2n) is 5.67. The largest absolute Gasteiger partial charge is 0.496 e. The van der Waals surface area contributed by atoms with Crippen LogP contribution in [-0.4, -0.2) is 19.7 Å². The summed E-state index contributed by atoms with van der Waals surface area (Å²) in [7, 11) is 1.72. The minimum absolute atomic E-state index is 0.111. The van der Waals surface area contributed by atoms with Gasteiger partial charge in [0.15, 0.2) is 0 Å². The molecule has 2 rings (SSSR count). The SMILES string of the molecule is COc1cc(C)c(C(N)CC2CCCCN2)cc1C. The van der Waals surface area contributed by atoms with Crippen LogP contribution in [0.1, 0.15) is 48.4 Å². The number of hydrogen-bond donors (Lipinski definition) is 2. The minimum atomic E-state index is 0.111. The van der Waals surface area contributed by atoms with Crippen molar-refractivity contribution in [1.82, 2.24) is 5.32 Å². The molecule has 1 aliphatic rings. The van der Waals surface area contributed by atoms with Gasteiger partial charge in [-0.3, -0.25) is 0 Å². The summed E-state index contributed by atoms with van der Waals surface area (Å²) in [5.74, 6) is 0.948. The standard InChI is InChI=1S/C16H26N2O/c1-11-9-16(19-3)12(2)8-14(11)15(17)10-13-6-4-5-7-18-13/h8-9,13,15,18H,4-7,10,17H2,1-3H3. The molecule has 1 aromatic carbocycles. The second-order valence-corrected chi connectivity index (χ2v) is 5.67. The van der Waals surface area contributed by atoms with E-state index in [1.807, 2.05) is 0 Å². The fraction of sp³-hybridized carbons (Fsp3) is 0.625. The van der Waals surface area contributed by atoms with Crippen molar-refractivity contribution >= 4 is 0 Å². The molecule has 2 atom stereocenters. The molecule has 0 amide bonds. The first kappa shape index (κ1) is 14.4. The summed E-state index contributed by atoms with van der Waals surface area (Å²) < 4.78 is 5.36. The third-order valence-electron chi connectivity index (χ3n) is 4.13. The van der Waals surface area contributed by atoms with Gasteiger partial charge in [-0.05, 0) is 62.4 Å². The maximum Gasteiger partial charge on any atom is 0.122 e. The molecule has 2 unspecified atom stereocenters. The highest BCUT2D eigenvalue weighted by atomic mass is 16.5. The van der Waals surface area contributed by atoms with Crippen LogP contribution in [0.3, 0.4) is 0 Å². The third kappa shape index (κ3) is 3.48. The lowest BCUT2D eigenvalue weighted by atomic mass is 9.91. The van der Waals surface area contributed by atoms with E-state index in [4.69, 9.17) is 10.5 Å². The van der Waals surface area contributed by atoms with E-state index in [2.05, 4.69) is 31.3 Å². The van der Waals surface area contributed by atoms with E-state index < -0.39 is 0 Å². The maximum atomic E-state index is 6.41. The molecule has 1 aliphatic heterocycles. The van der Waals surface area contributed by atoms with Crippen LogP contribution in [0.25, 0.3) is 0 Å². The number of rotatable bonds is 4. The van der Waals surface area contributed by atoms with Gasteiger partial charge < -0.3 is 15.8 Å². The molecule has 1 fully saturated rings. The summed E-state index contributed by atoms with van der Waals surface area (Å²) in [4.78, 5) is 0. The van der Waals surface area contributed by atoms with Gasteiger partial charge in [0.05, 0.1) is 7.11 Å². The van der Waals surface area contributed by atoms with Crippen molar-refractivity contribution in [1.29, 1.82) is 0 Å². The summed E-state index contributed by atoms with van der Waals surface area (Å²) in [6.45, 7) is 5.33. The summed E-state index contributed by atoms with van der Waals surface area (Å²) in [5.41, 5.74) is 10.1. The lowest BCUT2D eigenvalue weighted by Gasteiger charge is -2.27. The molecule has 0 bridgehead atoms. The average molecular weight is 262 g/mol. The molecule has 106 valence electrons. The molecule has 19 heavy (non-hydrogen) atoms. The molecule has 1 heterocycles. The van der Waals surface area contributed by atoms with Gasteiger partial charge in [0.2, 0.25) is 0 Å². The van der Waals surface area contributed by atoms with Crippen LogP contribution in [0.2, 0.25) is 0 Å². The van der Waals surface area contributed by atoms with Crippen molar-refractivity contribution in [2.24, 2.45) is 5.73 Å². The van der Waals surface area contributed by atoms with Crippen LogP contribution in [0, 0.1) is 13.8 Å². The molecule has 3 heteroatoms. The zero-order valence-electron chi connectivity index (χ0n) is 12.3. The van der Waals surface area contributed by atoms with Gasteiger partial charge in [0.1, 0.15) is 5.75 Å². The Bertz CT molecular complexity index is 425. The maximum absolute atomic E-state index is 6.41. The summed E-state index contributed by atoms with van der Waals surface area (Å²) in [5, 5.41) is 3.57. The number of methoxy groups -OCH3 is 1. The van der Waals surface area contributed by atoms with Gasteiger partial charge >= 0.3 is 0 Å². The Morgan fingerprint density at radius 2 is 2.11 bits per heavy atom. The van der Waals surface area contributed by atoms with Gasteiger partial charge in [-0.1, -0.05) is 12.5 Å². The number of ether oxygens (including phenoxy) is 1. The Kier molecular flexibility index (Phi) is 4.83. The topological polar surface area (TPSA) is 47.3 Å². The zero-order valence-corrected chi connectivity index (χ0v) is 12.3. The first-order valence-electron chi connectivity index (χ1n) is 7.26. The van der Waals surface area contributed by atoms with Crippen LogP contribution in [-0.2, 0) is 0 Å². The van der Waals surface area contributed by atoms with Gasteiger partial charge in [-0.2, -0.15) is 0 Å². The zero-order chi connectivity index (χ0) is 13.8. The highest BCUT2D eigenvalue weighted by molar-refractivity contribution is 5.42. The van der Waals surface area contributed by atoms with Crippen molar-refractivity contribution < 1.29 is 4.74 Å². The van der Waals surface area contributed by atoms with E-state index in [1.54, 1.807) is 7.11 Å². The molecule has 0 spiro atoms. The van der Waals surface area contributed by atoms with Crippen molar-refractivity contribution in [2.45, 2.75) is 51.6 Å². The van der Waals surface area contributed by atoms with Gasteiger partial charge in [0, 0.05) is 12.1 Å². The number of benzene rings is 1. The Morgan fingerprint density at radius 1 is 1.32 bits per heavy atom. The predicted octanol–water partition coefficient (Wildman–Crippen LogP) is 2.84. The van der Waals surface area contributed by atoms with Crippen LogP contribution >= 0.6 is 0 Å². The molecule has 0 saturated carbocycles. The van der Waals surface area contributed by atoms with Crippen LogP contribution in [0.5, 0.6) is 5.75 Å². The van der Waals surface area contributed by atoms with E-state index in [9.17, 15) is 0 Å². The van der Waals surface area contributed by atoms with E-state index in [1.165, 1.54) is 30.4 Å². The molecular weight excluding hydrogens is 236 g/mol. The number of nitrogens with two attached hydrogens (primary N) is 1. The van der Waals surface area contributed by atoms with Crippen molar-refractivity contribution in [2.75, 3.05) is 13.7 Å². The Morgan fingerprint density at radius 3 is 2.74 bits per heavy atom. The molecule has 0 aliphatic carbocycles. The van der Waals surface area contributed by atoms with E-state index in [0.717, 1.165) is 24.3 Å². The molecule has 3 nitrogen and oxygen atoms in total. The van der Waals surface area contributed by atoms with Gasteiger partial charge in [0.25, 0.3) is 0 Å². The normalized spacial score (nSPS) is 21.2. The van der Waals surface area contributed by atoms with Crippen molar-refractivity contribution in [3.63, 3.8) is 0 Å². The van der Waals surface area contributed by atoms with E-state index in [-0.39, 0.29) is 6.04 Å². The highest BCUT2D eigenvalue weighted by Gasteiger charge is 2.19. The number of aryl methyl sites for hydroxylation is 2. The van der Waals surface area contributed by atoms with Gasteiger partial charge in [-0.25, -0.2) is 0 Å². The molecule has 0 radical (unpaired) electrons. The minimum Gasteiger partial charge on any atom is -0.496 e. The molecule has 0 aromatic heterocycles. The predicted molar refractivity (Wildman–Crippen MR) is 79.7 cm³/mol. The third-order valence-corrected chi connectivity index (χ3v) is 4.13. The first-order chi connectivity index (χ1) is 9.11. The molecule has 1 saturated heterocycles. The lowest BCUT2D eigenvalue weighted by molar-refractivity contribution is 0.361. The first-order valence-corrected chi connectivity index (χ1v) is 7.26. The molecule has 3 N–H and O–H groups in total. The molecular formula is C16H26N2O. The number of hydrogen-bond acceptors (Lipinski definition) is 3. The fourth-order valence-corrected chi connectivity index (χ4v) is 2.99. The fourth-order valence-electron chi connectivity index (χ4n) is 2.99. The van der Waals surface area contributed by atoms with Crippen LogP contribution in [0.4, 0.5) is 0 Å². The Labute approximate surface area is 116 Å². The second kappa shape index (κ2) is 6.40. The summed E-state index contributed by atoms with van der Waals surface area (Å²) in [6, 6.07) is 4.96. The molecule has 1 aromatic rings. The number of piperidine rings is 1. The summed E-state index contributed by atoms with van der Waals surface area (Å²) in [6.07, 6.45) is 4.89. The van der Waals surface area contributed by atoms with E-state index in [0.29, 0.717) is 6.04 Å². The van der Waals surface area contributed by atoms with Crippen LogP contribution in [0.15, 0.2) is 12.1 Å². The quantitative estimate of drug-likeness (QED) is 0.877. The van der Waals surface area contributed by atoms with Gasteiger partial charge in [-0.15, -0.1) is 0 Å². The summed E-state index contributed by atoms with van der Waals surface area (Å²) >= 11 is 0. The van der Waals surface area contributed by atoms with Crippen molar-refractivity contribution in [3.8, 4) is 5.75 Å². The van der Waals surface area contributed by atoms with Crippen molar-refractivity contribution in [3.05, 3.63) is 28.8 Å². The number of nitrogens with one attached hydrogen (secondary N) is 1.